The summed E-state index contributed by atoms with van der Waals surface area (Å²) >= 11 is 0. The van der Waals surface area contributed by atoms with E-state index in [0.29, 0.717) is 29.1 Å². The lowest BCUT2D eigenvalue weighted by Gasteiger charge is -2.26. The minimum absolute atomic E-state index is 0.210. The van der Waals surface area contributed by atoms with E-state index in [0.717, 1.165) is 5.56 Å². The highest BCUT2D eigenvalue weighted by molar-refractivity contribution is 5.90. The van der Waals surface area contributed by atoms with E-state index in [2.05, 4.69) is 0 Å². The van der Waals surface area contributed by atoms with Gasteiger partial charge in [0.05, 0.1) is 12.7 Å². The van der Waals surface area contributed by atoms with Gasteiger partial charge in [0.1, 0.15) is 11.9 Å². The predicted octanol–water partition coefficient (Wildman–Crippen LogP) is 2.73. The van der Waals surface area contributed by atoms with E-state index in [9.17, 15) is 9.90 Å². The SMILES string of the molecule is COc1cccc2c1OC(c1ccccc1)=C(C=O)[C@@H]2O. The molecule has 106 valence electrons. The van der Waals surface area contributed by atoms with Gasteiger partial charge in [-0.25, -0.2) is 0 Å². The number of hydrogen-bond acceptors (Lipinski definition) is 4. The smallest absolute Gasteiger partial charge is 0.175 e. The number of aliphatic hydroxyl groups excluding tert-OH is 1. The van der Waals surface area contributed by atoms with Gasteiger partial charge in [0.25, 0.3) is 0 Å². The Bertz CT molecular complexity index is 704. The first-order valence-electron chi connectivity index (χ1n) is 6.54. The lowest BCUT2D eigenvalue weighted by atomic mass is 9.95. The van der Waals surface area contributed by atoms with Gasteiger partial charge < -0.3 is 14.6 Å². The van der Waals surface area contributed by atoms with Crippen LogP contribution in [0.3, 0.4) is 0 Å². The second-order valence-corrected chi connectivity index (χ2v) is 4.65. The summed E-state index contributed by atoms with van der Waals surface area (Å²) in [7, 11) is 1.53. The molecule has 4 heteroatoms. The third-order valence-electron chi connectivity index (χ3n) is 3.45. The number of benzene rings is 2. The molecule has 4 nitrogen and oxygen atoms in total. The van der Waals surface area contributed by atoms with Crippen molar-refractivity contribution in [1.82, 2.24) is 0 Å². The summed E-state index contributed by atoms with van der Waals surface area (Å²) in [5.41, 5.74) is 1.47. The molecule has 0 saturated heterocycles. The number of carbonyl (C=O) groups excluding carboxylic acids is 1. The molecule has 3 rings (SSSR count). The molecule has 0 unspecified atom stereocenters. The van der Waals surface area contributed by atoms with E-state index in [-0.39, 0.29) is 5.57 Å². The van der Waals surface area contributed by atoms with E-state index in [1.165, 1.54) is 7.11 Å². The molecule has 21 heavy (non-hydrogen) atoms. The van der Waals surface area contributed by atoms with Gasteiger partial charge in [0.2, 0.25) is 0 Å². The minimum atomic E-state index is -1.03. The molecule has 1 heterocycles. The number of aldehydes is 1. The summed E-state index contributed by atoms with van der Waals surface area (Å²) in [6, 6.07) is 14.4. The van der Waals surface area contributed by atoms with Crippen LogP contribution in [0.25, 0.3) is 5.76 Å². The van der Waals surface area contributed by atoms with E-state index in [1.807, 2.05) is 30.3 Å². The Morgan fingerprint density at radius 2 is 1.90 bits per heavy atom. The Hall–Kier alpha value is -2.59. The Balaban J connectivity index is 2.18. The number of methoxy groups -OCH3 is 1. The fourth-order valence-electron chi connectivity index (χ4n) is 2.40. The van der Waals surface area contributed by atoms with Crippen molar-refractivity contribution in [3.8, 4) is 11.5 Å². The van der Waals surface area contributed by atoms with Crippen LogP contribution in [0.1, 0.15) is 17.2 Å². The quantitative estimate of drug-likeness (QED) is 0.879. The monoisotopic (exact) mass is 282 g/mol. The molecule has 0 saturated carbocycles. The molecule has 1 aliphatic heterocycles. The Morgan fingerprint density at radius 1 is 1.14 bits per heavy atom. The summed E-state index contributed by atoms with van der Waals surface area (Å²) in [5.74, 6) is 1.32. The van der Waals surface area contributed by atoms with Crippen molar-refractivity contribution in [3.05, 3.63) is 65.2 Å². The predicted molar refractivity (Wildman–Crippen MR) is 78.0 cm³/mol. The molecule has 2 aromatic rings. The van der Waals surface area contributed by atoms with Crippen LogP contribution in [-0.2, 0) is 4.79 Å². The van der Waals surface area contributed by atoms with Crippen LogP contribution < -0.4 is 9.47 Å². The van der Waals surface area contributed by atoms with Crippen LogP contribution >= 0.6 is 0 Å². The van der Waals surface area contributed by atoms with Gasteiger partial charge in [-0.05, 0) is 6.07 Å². The molecule has 2 aromatic carbocycles. The normalized spacial score (nSPS) is 17.0. The highest BCUT2D eigenvalue weighted by Crippen LogP contribution is 2.44. The van der Waals surface area contributed by atoms with Crippen LogP contribution in [0.5, 0.6) is 11.5 Å². The number of carbonyl (C=O) groups is 1. The third kappa shape index (κ3) is 2.19. The molecule has 0 radical (unpaired) electrons. The molecule has 0 aromatic heterocycles. The van der Waals surface area contributed by atoms with Crippen molar-refractivity contribution in [3.63, 3.8) is 0 Å². The van der Waals surface area contributed by atoms with Gasteiger partial charge in [-0.15, -0.1) is 0 Å². The molecule has 0 bridgehead atoms. The summed E-state index contributed by atoms with van der Waals surface area (Å²) in [6.07, 6.45) is -0.397. The second-order valence-electron chi connectivity index (χ2n) is 4.65. The zero-order valence-electron chi connectivity index (χ0n) is 11.4. The summed E-state index contributed by atoms with van der Waals surface area (Å²) < 4.78 is 11.1. The fraction of sp³-hybridized carbons (Fsp3) is 0.118. The molecule has 1 N–H and O–H groups in total. The van der Waals surface area contributed by atoms with E-state index >= 15 is 0 Å². The van der Waals surface area contributed by atoms with Crippen LogP contribution in [0.2, 0.25) is 0 Å². The van der Waals surface area contributed by atoms with Gasteiger partial charge in [-0.3, -0.25) is 4.79 Å². The molecule has 0 aliphatic carbocycles. The summed E-state index contributed by atoms with van der Waals surface area (Å²) in [4.78, 5) is 11.4. The minimum Gasteiger partial charge on any atom is -0.493 e. The first-order valence-corrected chi connectivity index (χ1v) is 6.54. The standard InChI is InChI=1S/C17H14O4/c1-20-14-9-5-8-12-15(19)13(10-18)16(21-17(12)14)11-6-3-2-4-7-11/h2-10,15,19H,1H3/t15-/m1/s1. The van der Waals surface area contributed by atoms with Crippen molar-refractivity contribution in [2.45, 2.75) is 6.10 Å². The highest BCUT2D eigenvalue weighted by Gasteiger charge is 2.30. The van der Waals surface area contributed by atoms with Gasteiger partial charge in [-0.2, -0.15) is 0 Å². The average molecular weight is 282 g/mol. The van der Waals surface area contributed by atoms with Crippen molar-refractivity contribution in [2.75, 3.05) is 7.11 Å². The highest BCUT2D eigenvalue weighted by atomic mass is 16.5. The number of hydrogen-bond donors (Lipinski definition) is 1. The zero-order valence-corrected chi connectivity index (χ0v) is 11.4. The maximum Gasteiger partial charge on any atom is 0.175 e. The Kier molecular flexibility index (Phi) is 3.46. The zero-order chi connectivity index (χ0) is 14.8. The molecular weight excluding hydrogens is 268 g/mol. The number of rotatable bonds is 3. The van der Waals surface area contributed by atoms with Crippen molar-refractivity contribution >= 4 is 12.0 Å². The van der Waals surface area contributed by atoms with Gasteiger partial charge in [0.15, 0.2) is 17.8 Å². The maximum atomic E-state index is 11.4. The lowest BCUT2D eigenvalue weighted by Crippen LogP contribution is -2.16. The van der Waals surface area contributed by atoms with Crippen molar-refractivity contribution in [2.24, 2.45) is 0 Å². The molecular formula is C17H14O4. The van der Waals surface area contributed by atoms with Gasteiger partial charge >= 0.3 is 0 Å². The summed E-state index contributed by atoms with van der Waals surface area (Å²) in [5, 5.41) is 10.4. The van der Waals surface area contributed by atoms with Crippen LogP contribution in [0.4, 0.5) is 0 Å². The number of aliphatic hydroxyl groups is 1. The third-order valence-corrected chi connectivity index (χ3v) is 3.45. The van der Waals surface area contributed by atoms with E-state index < -0.39 is 6.10 Å². The number of ether oxygens (including phenoxy) is 2. The number of fused-ring (bicyclic) bond motifs is 1. The maximum absolute atomic E-state index is 11.4. The van der Waals surface area contributed by atoms with Crippen LogP contribution in [0, 0.1) is 0 Å². The van der Waals surface area contributed by atoms with Crippen molar-refractivity contribution in [1.29, 1.82) is 0 Å². The molecule has 1 aliphatic rings. The molecule has 1 atom stereocenters. The average Bonchev–Trinajstić information content (AvgIpc) is 2.55. The first kappa shape index (κ1) is 13.4. The lowest BCUT2D eigenvalue weighted by molar-refractivity contribution is -0.105. The van der Waals surface area contributed by atoms with Gasteiger partial charge in [-0.1, -0.05) is 42.5 Å². The molecule has 0 amide bonds. The molecule has 0 spiro atoms. The van der Waals surface area contributed by atoms with E-state index in [1.54, 1.807) is 18.2 Å². The fourth-order valence-corrected chi connectivity index (χ4v) is 2.40. The van der Waals surface area contributed by atoms with E-state index in [4.69, 9.17) is 9.47 Å². The van der Waals surface area contributed by atoms with Gasteiger partial charge in [0, 0.05) is 11.1 Å². The van der Waals surface area contributed by atoms with Crippen LogP contribution in [-0.4, -0.2) is 18.5 Å². The van der Waals surface area contributed by atoms with Crippen molar-refractivity contribution < 1.29 is 19.4 Å². The largest absolute Gasteiger partial charge is 0.493 e. The van der Waals surface area contributed by atoms with Crippen LogP contribution in [0.15, 0.2) is 54.1 Å². The topological polar surface area (TPSA) is 55.8 Å². The molecule has 0 fully saturated rings. The summed E-state index contributed by atoms with van der Waals surface area (Å²) in [6.45, 7) is 0. The second kappa shape index (κ2) is 5.42. The number of para-hydroxylation sites is 1. The Morgan fingerprint density at radius 3 is 2.57 bits per heavy atom. The Labute approximate surface area is 122 Å². The first-order chi connectivity index (χ1) is 10.3.